The predicted molar refractivity (Wildman–Crippen MR) is 56.5 cm³/mol. The number of hydrogen-bond donors (Lipinski definition) is 1. The van der Waals surface area contributed by atoms with Crippen molar-refractivity contribution in [2.75, 3.05) is 5.73 Å². The normalized spacial score (nSPS) is 13.7. The fraction of sp³-hybridized carbons (Fsp3) is 0.364. The van der Waals surface area contributed by atoms with Gasteiger partial charge in [-0.3, -0.25) is 4.98 Å². The van der Waals surface area contributed by atoms with E-state index in [0.29, 0.717) is 17.9 Å². The molecule has 0 radical (unpaired) electrons. The standard InChI is InChI=1S/C11H15FN2/c1-8(2)11(3-4-12)9-5-10(13)7-14-6-9/h3-8,11H,13H2,1-2H3/b4-3+/t11-/m1/s1. The van der Waals surface area contributed by atoms with Gasteiger partial charge in [-0.25, -0.2) is 4.39 Å². The number of hydrogen-bond acceptors (Lipinski definition) is 2. The van der Waals surface area contributed by atoms with Crippen molar-refractivity contribution in [1.29, 1.82) is 0 Å². The Labute approximate surface area is 83.7 Å². The minimum Gasteiger partial charge on any atom is -0.397 e. The van der Waals surface area contributed by atoms with E-state index in [1.165, 1.54) is 6.08 Å². The first-order valence-corrected chi connectivity index (χ1v) is 4.62. The second kappa shape index (κ2) is 4.74. The molecule has 0 fully saturated rings. The summed E-state index contributed by atoms with van der Waals surface area (Å²) in [6, 6.07) is 1.83. The lowest BCUT2D eigenvalue weighted by Gasteiger charge is -2.16. The summed E-state index contributed by atoms with van der Waals surface area (Å²) in [7, 11) is 0. The lowest BCUT2D eigenvalue weighted by molar-refractivity contribution is 0.566. The van der Waals surface area contributed by atoms with Crippen molar-refractivity contribution in [3.05, 3.63) is 36.4 Å². The molecule has 0 unspecified atom stereocenters. The highest BCUT2D eigenvalue weighted by Gasteiger charge is 2.12. The molecule has 1 heterocycles. The molecule has 2 N–H and O–H groups in total. The third-order valence-corrected chi connectivity index (χ3v) is 2.16. The average Bonchev–Trinajstić information content (AvgIpc) is 2.13. The molecule has 0 spiro atoms. The molecule has 3 heteroatoms. The number of halogens is 1. The molecule has 1 atom stereocenters. The zero-order chi connectivity index (χ0) is 10.6. The van der Waals surface area contributed by atoms with Gasteiger partial charge in [-0.05, 0) is 23.6 Å². The van der Waals surface area contributed by atoms with Gasteiger partial charge in [0.1, 0.15) is 0 Å². The van der Waals surface area contributed by atoms with Gasteiger partial charge >= 0.3 is 0 Å². The third kappa shape index (κ3) is 2.55. The van der Waals surface area contributed by atoms with E-state index in [9.17, 15) is 4.39 Å². The Morgan fingerprint density at radius 3 is 2.64 bits per heavy atom. The molecule has 1 aromatic heterocycles. The SMILES string of the molecule is CC(C)[C@@H](/C=C/F)c1cncc(N)c1. The van der Waals surface area contributed by atoms with Gasteiger partial charge in [0, 0.05) is 18.3 Å². The van der Waals surface area contributed by atoms with Crippen molar-refractivity contribution in [3.63, 3.8) is 0 Å². The molecule has 0 aromatic carbocycles. The van der Waals surface area contributed by atoms with Crippen LogP contribution in [0.4, 0.5) is 10.1 Å². The van der Waals surface area contributed by atoms with Crippen molar-refractivity contribution < 1.29 is 4.39 Å². The number of nitrogens with two attached hydrogens (primary N) is 1. The van der Waals surface area contributed by atoms with Crippen LogP contribution in [0.2, 0.25) is 0 Å². The van der Waals surface area contributed by atoms with Crippen LogP contribution in [0.3, 0.4) is 0 Å². The van der Waals surface area contributed by atoms with Gasteiger partial charge in [0.2, 0.25) is 0 Å². The Morgan fingerprint density at radius 1 is 1.43 bits per heavy atom. The van der Waals surface area contributed by atoms with Crippen molar-refractivity contribution in [2.45, 2.75) is 19.8 Å². The van der Waals surface area contributed by atoms with Gasteiger partial charge in [0.25, 0.3) is 0 Å². The summed E-state index contributed by atoms with van der Waals surface area (Å²) in [5.74, 6) is 0.363. The molecular formula is C11H15FN2. The lowest BCUT2D eigenvalue weighted by Crippen LogP contribution is -2.04. The molecule has 76 valence electrons. The zero-order valence-corrected chi connectivity index (χ0v) is 8.44. The van der Waals surface area contributed by atoms with Gasteiger partial charge < -0.3 is 5.73 Å². The molecule has 1 aromatic rings. The van der Waals surface area contributed by atoms with E-state index >= 15 is 0 Å². The average molecular weight is 194 g/mol. The Morgan fingerprint density at radius 2 is 2.14 bits per heavy atom. The van der Waals surface area contributed by atoms with Crippen LogP contribution in [0.15, 0.2) is 30.9 Å². The van der Waals surface area contributed by atoms with Crippen LogP contribution in [0.1, 0.15) is 25.3 Å². The highest BCUT2D eigenvalue weighted by Crippen LogP contribution is 2.26. The first kappa shape index (κ1) is 10.7. The molecule has 0 aliphatic heterocycles. The molecule has 14 heavy (non-hydrogen) atoms. The summed E-state index contributed by atoms with van der Waals surface area (Å²) in [4.78, 5) is 3.99. The predicted octanol–water partition coefficient (Wildman–Crippen LogP) is 2.89. The number of anilines is 1. The molecule has 0 saturated heterocycles. The third-order valence-electron chi connectivity index (χ3n) is 2.16. The highest BCUT2D eigenvalue weighted by molar-refractivity contribution is 5.39. The second-order valence-electron chi connectivity index (χ2n) is 3.64. The van der Waals surface area contributed by atoms with Crippen LogP contribution in [0.5, 0.6) is 0 Å². The Hall–Kier alpha value is -1.38. The van der Waals surface area contributed by atoms with E-state index in [-0.39, 0.29) is 5.92 Å². The monoisotopic (exact) mass is 194 g/mol. The number of nitrogen functional groups attached to an aromatic ring is 1. The van der Waals surface area contributed by atoms with Crippen molar-refractivity contribution in [3.8, 4) is 0 Å². The van der Waals surface area contributed by atoms with Crippen molar-refractivity contribution >= 4 is 5.69 Å². The number of rotatable bonds is 3. The minimum atomic E-state index is 0.0380. The van der Waals surface area contributed by atoms with E-state index in [1.807, 2.05) is 19.9 Å². The van der Waals surface area contributed by atoms with E-state index in [2.05, 4.69) is 4.98 Å². The van der Waals surface area contributed by atoms with E-state index in [0.717, 1.165) is 5.56 Å². The maximum atomic E-state index is 12.2. The van der Waals surface area contributed by atoms with Gasteiger partial charge in [-0.1, -0.05) is 13.8 Å². The largest absolute Gasteiger partial charge is 0.397 e. The molecule has 0 amide bonds. The van der Waals surface area contributed by atoms with Crippen LogP contribution in [0, 0.1) is 5.92 Å². The summed E-state index contributed by atoms with van der Waals surface area (Å²) < 4.78 is 12.2. The molecule has 0 aliphatic carbocycles. The maximum absolute atomic E-state index is 12.2. The maximum Gasteiger partial charge on any atom is 0.0833 e. The van der Waals surface area contributed by atoms with Gasteiger partial charge in [0.05, 0.1) is 12.0 Å². The summed E-state index contributed by atoms with van der Waals surface area (Å²) in [6.45, 7) is 4.07. The molecule has 1 rings (SSSR count). The summed E-state index contributed by atoms with van der Waals surface area (Å²) in [5, 5.41) is 0. The van der Waals surface area contributed by atoms with Gasteiger partial charge in [-0.2, -0.15) is 0 Å². The number of allylic oxidation sites excluding steroid dienone is 1. The smallest absolute Gasteiger partial charge is 0.0833 e. The van der Waals surface area contributed by atoms with Crippen LogP contribution in [-0.4, -0.2) is 4.98 Å². The first-order chi connectivity index (χ1) is 6.65. The van der Waals surface area contributed by atoms with Gasteiger partial charge in [-0.15, -0.1) is 0 Å². The summed E-state index contributed by atoms with van der Waals surface area (Å²) in [6.07, 6.45) is 5.41. The molecular weight excluding hydrogens is 179 g/mol. The highest BCUT2D eigenvalue weighted by atomic mass is 19.1. The summed E-state index contributed by atoms with van der Waals surface area (Å²) in [5.41, 5.74) is 7.18. The minimum absolute atomic E-state index is 0.0380. The van der Waals surface area contributed by atoms with E-state index in [1.54, 1.807) is 12.4 Å². The lowest BCUT2D eigenvalue weighted by atomic mass is 9.89. The number of aromatic nitrogens is 1. The topological polar surface area (TPSA) is 38.9 Å². The van der Waals surface area contributed by atoms with Crippen molar-refractivity contribution in [1.82, 2.24) is 4.98 Å². The second-order valence-corrected chi connectivity index (χ2v) is 3.64. The number of pyridine rings is 1. The Kier molecular flexibility index (Phi) is 3.63. The fourth-order valence-electron chi connectivity index (χ4n) is 1.46. The van der Waals surface area contributed by atoms with Crippen molar-refractivity contribution in [2.24, 2.45) is 5.92 Å². The molecule has 0 aliphatic rings. The van der Waals surface area contributed by atoms with Gasteiger partial charge in [0.15, 0.2) is 0 Å². The van der Waals surface area contributed by atoms with E-state index < -0.39 is 0 Å². The van der Waals surface area contributed by atoms with Crippen LogP contribution >= 0.6 is 0 Å². The fourth-order valence-corrected chi connectivity index (χ4v) is 1.46. The molecule has 0 bridgehead atoms. The first-order valence-electron chi connectivity index (χ1n) is 4.62. The molecule has 0 saturated carbocycles. The van der Waals surface area contributed by atoms with Crippen LogP contribution < -0.4 is 5.73 Å². The van der Waals surface area contributed by atoms with E-state index in [4.69, 9.17) is 5.73 Å². The Bertz CT molecular complexity index is 321. The quantitative estimate of drug-likeness (QED) is 0.803. The molecule has 2 nitrogen and oxygen atoms in total. The summed E-state index contributed by atoms with van der Waals surface area (Å²) >= 11 is 0. The van der Waals surface area contributed by atoms with Crippen LogP contribution in [-0.2, 0) is 0 Å². The Balaban J connectivity index is 2.99. The zero-order valence-electron chi connectivity index (χ0n) is 8.44. The number of nitrogens with zero attached hydrogens (tertiary/aromatic N) is 1. The van der Waals surface area contributed by atoms with Crippen LogP contribution in [0.25, 0.3) is 0 Å².